The van der Waals surface area contributed by atoms with Crippen molar-refractivity contribution in [2.24, 2.45) is 5.92 Å². The van der Waals surface area contributed by atoms with Gasteiger partial charge in [0.15, 0.2) is 0 Å². The lowest BCUT2D eigenvalue weighted by Gasteiger charge is -2.18. The van der Waals surface area contributed by atoms with Crippen LogP contribution in [0.2, 0.25) is 0 Å². The van der Waals surface area contributed by atoms with Crippen molar-refractivity contribution in [1.82, 2.24) is 5.32 Å². The van der Waals surface area contributed by atoms with Gasteiger partial charge < -0.3 is 10.1 Å². The van der Waals surface area contributed by atoms with Crippen molar-refractivity contribution in [2.45, 2.75) is 12.5 Å². The maximum atomic E-state index is 11.9. The maximum Gasteiger partial charge on any atom is 0.226 e. The fourth-order valence-electron chi connectivity index (χ4n) is 1.93. The van der Waals surface area contributed by atoms with Crippen LogP contribution >= 0.6 is 11.6 Å². The largest absolute Gasteiger partial charge is 0.381 e. The van der Waals surface area contributed by atoms with Gasteiger partial charge in [0.1, 0.15) is 0 Å². The van der Waals surface area contributed by atoms with Gasteiger partial charge in [0.2, 0.25) is 5.91 Å². The second-order valence-corrected chi connectivity index (χ2v) is 4.50. The molecule has 3 nitrogen and oxygen atoms in total. The molecule has 1 saturated heterocycles. The first kappa shape index (κ1) is 12.4. The van der Waals surface area contributed by atoms with Crippen molar-refractivity contribution in [2.75, 3.05) is 19.1 Å². The number of ether oxygens (including phenoxy) is 1. The van der Waals surface area contributed by atoms with Gasteiger partial charge in [-0.3, -0.25) is 4.79 Å². The average molecular weight is 254 g/mol. The van der Waals surface area contributed by atoms with E-state index < -0.39 is 0 Å². The molecule has 0 spiro atoms. The first-order valence-electron chi connectivity index (χ1n) is 5.80. The van der Waals surface area contributed by atoms with Crippen molar-refractivity contribution in [1.29, 1.82) is 0 Å². The first-order valence-corrected chi connectivity index (χ1v) is 6.33. The van der Waals surface area contributed by atoms with E-state index in [-0.39, 0.29) is 17.9 Å². The number of amides is 1. The van der Waals surface area contributed by atoms with E-state index in [2.05, 4.69) is 5.32 Å². The summed E-state index contributed by atoms with van der Waals surface area (Å²) in [7, 11) is 0. The molecule has 2 rings (SSSR count). The molecular weight excluding hydrogens is 238 g/mol. The molecule has 2 atom stereocenters. The molecule has 4 heteroatoms. The molecule has 0 aromatic heterocycles. The Hall–Kier alpha value is -1.06. The van der Waals surface area contributed by atoms with Crippen LogP contribution in [-0.2, 0) is 9.53 Å². The van der Waals surface area contributed by atoms with Crippen molar-refractivity contribution in [3.05, 3.63) is 35.9 Å². The number of rotatable bonds is 4. The SMILES string of the molecule is O=C(NC(CCl)c1ccccc1)C1CCOC1. The number of halogens is 1. The molecule has 1 N–H and O–H groups in total. The Balaban J connectivity index is 1.97. The third kappa shape index (κ3) is 3.20. The van der Waals surface area contributed by atoms with E-state index in [4.69, 9.17) is 16.3 Å². The molecule has 0 aliphatic carbocycles. The number of carbonyl (C=O) groups excluding carboxylic acids is 1. The molecule has 1 fully saturated rings. The summed E-state index contributed by atoms with van der Waals surface area (Å²) >= 11 is 5.91. The van der Waals surface area contributed by atoms with Crippen LogP contribution in [0.4, 0.5) is 0 Å². The van der Waals surface area contributed by atoms with E-state index in [1.165, 1.54) is 0 Å². The van der Waals surface area contributed by atoms with Crippen LogP contribution in [0.5, 0.6) is 0 Å². The zero-order valence-corrected chi connectivity index (χ0v) is 10.3. The van der Waals surface area contributed by atoms with E-state index in [0.29, 0.717) is 19.1 Å². The fourth-order valence-corrected chi connectivity index (χ4v) is 2.18. The Labute approximate surface area is 106 Å². The highest BCUT2D eigenvalue weighted by atomic mass is 35.5. The minimum atomic E-state index is -0.119. The number of nitrogens with one attached hydrogen (secondary N) is 1. The van der Waals surface area contributed by atoms with Crippen molar-refractivity contribution in [3.8, 4) is 0 Å². The summed E-state index contributed by atoms with van der Waals surface area (Å²) in [4.78, 5) is 11.9. The van der Waals surface area contributed by atoms with E-state index in [1.807, 2.05) is 30.3 Å². The molecule has 92 valence electrons. The van der Waals surface area contributed by atoms with Crippen molar-refractivity contribution in [3.63, 3.8) is 0 Å². The van der Waals surface area contributed by atoms with Crippen molar-refractivity contribution < 1.29 is 9.53 Å². The van der Waals surface area contributed by atoms with Gasteiger partial charge in [-0.15, -0.1) is 11.6 Å². The topological polar surface area (TPSA) is 38.3 Å². The molecule has 1 aliphatic heterocycles. The Morgan fingerprint density at radius 3 is 2.82 bits per heavy atom. The second kappa shape index (κ2) is 6.03. The molecule has 1 heterocycles. The lowest BCUT2D eigenvalue weighted by atomic mass is 10.1. The molecule has 1 aliphatic rings. The molecule has 0 radical (unpaired) electrons. The number of hydrogen-bond acceptors (Lipinski definition) is 2. The van der Waals surface area contributed by atoms with Gasteiger partial charge in [-0.1, -0.05) is 30.3 Å². The lowest BCUT2D eigenvalue weighted by molar-refractivity contribution is -0.125. The highest BCUT2D eigenvalue weighted by Crippen LogP contribution is 2.17. The minimum absolute atomic E-state index is 0.0237. The van der Waals surface area contributed by atoms with Gasteiger partial charge in [0.05, 0.1) is 18.6 Å². The molecule has 1 aromatic carbocycles. The van der Waals surface area contributed by atoms with E-state index in [1.54, 1.807) is 0 Å². The molecule has 17 heavy (non-hydrogen) atoms. The zero-order chi connectivity index (χ0) is 12.1. The summed E-state index contributed by atoms with van der Waals surface area (Å²) < 4.78 is 5.21. The highest BCUT2D eigenvalue weighted by molar-refractivity contribution is 6.18. The van der Waals surface area contributed by atoms with Crippen LogP contribution in [0.3, 0.4) is 0 Å². The third-order valence-electron chi connectivity index (χ3n) is 2.97. The number of hydrogen-bond donors (Lipinski definition) is 1. The highest BCUT2D eigenvalue weighted by Gasteiger charge is 2.25. The number of alkyl halides is 1. The smallest absolute Gasteiger partial charge is 0.226 e. The third-order valence-corrected chi connectivity index (χ3v) is 3.28. The summed E-state index contributed by atoms with van der Waals surface area (Å²) in [6, 6.07) is 9.66. The van der Waals surface area contributed by atoms with Gasteiger partial charge in [0.25, 0.3) is 0 Å². The summed E-state index contributed by atoms with van der Waals surface area (Å²) in [5.74, 6) is 0.394. The predicted molar refractivity (Wildman–Crippen MR) is 67.0 cm³/mol. The number of benzene rings is 1. The van der Waals surface area contributed by atoms with Gasteiger partial charge in [-0.2, -0.15) is 0 Å². The molecule has 1 amide bonds. The standard InChI is InChI=1S/C13H16ClNO2/c14-8-12(10-4-2-1-3-5-10)15-13(16)11-6-7-17-9-11/h1-5,11-12H,6-9H2,(H,15,16). The molecular formula is C13H16ClNO2. The Morgan fingerprint density at radius 1 is 1.47 bits per heavy atom. The second-order valence-electron chi connectivity index (χ2n) is 4.19. The Bertz CT molecular complexity index is 363. The van der Waals surface area contributed by atoms with Crippen LogP contribution in [0.1, 0.15) is 18.0 Å². The van der Waals surface area contributed by atoms with Gasteiger partial charge in [-0.05, 0) is 12.0 Å². The van der Waals surface area contributed by atoms with Gasteiger partial charge >= 0.3 is 0 Å². The quantitative estimate of drug-likeness (QED) is 0.835. The molecule has 0 bridgehead atoms. The normalized spacial score (nSPS) is 21.1. The predicted octanol–water partition coefficient (Wildman–Crippen LogP) is 2.12. The van der Waals surface area contributed by atoms with E-state index in [9.17, 15) is 4.79 Å². The average Bonchev–Trinajstić information content (AvgIpc) is 2.90. The molecule has 2 unspecified atom stereocenters. The molecule has 0 saturated carbocycles. The summed E-state index contributed by atoms with van der Waals surface area (Å²) in [6.07, 6.45) is 0.801. The Kier molecular flexibility index (Phi) is 4.40. The molecule has 1 aromatic rings. The van der Waals surface area contributed by atoms with Crippen LogP contribution in [-0.4, -0.2) is 25.0 Å². The summed E-state index contributed by atoms with van der Waals surface area (Å²) in [5, 5.41) is 2.97. The minimum Gasteiger partial charge on any atom is -0.381 e. The van der Waals surface area contributed by atoms with Crippen LogP contribution in [0.15, 0.2) is 30.3 Å². The zero-order valence-electron chi connectivity index (χ0n) is 9.56. The van der Waals surface area contributed by atoms with Crippen LogP contribution in [0.25, 0.3) is 0 Å². The fraction of sp³-hybridized carbons (Fsp3) is 0.462. The van der Waals surface area contributed by atoms with E-state index in [0.717, 1.165) is 12.0 Å². The van der Waals surface area contributed by atoms with Crippen LogP contribution < -0.4 is 5.32 Å². The van der Waals surface area contributed by atoms with Gasteiger partial charge in [0, 0.05) is 12.5 Å². The summed E-state index contributed by atoms with van der Waals surface area (Å²) in [6.45, 7) is 1.20. The monoisotopic (exact) mass is 253 g/mol. The summed E-state index contributed by atoms with van der Waals surface area (Å²) in [5.41, 5.74) is 1.04. The van der Waals surface area contributed by atoms with Gasteiger partial charge in [-0.25, -0.2) is 0 Å². The Morgan fingerprint density at radius 2 is 2.24 bits per heavy atom. The number of carbonyl (C=O) groups is 1. The lowest BCUT2D eigenvalue weighted by Crippen LogP contribution is -2.35. The van der Waals surface area contributed by atoms with Crippen LogP contribution in [0, 0.1) is 5.92 Å². The first-order chi connectivity index (χ1) is 8.31. The maximum absolute atomic E-state index is 11.9. The van der Waals surface area contributed by atoms with Crippen molar-refractivity contribution >= 4 is 17.5 Å². The van der Waals surface area contributed by atoms with E-state index >= 15 is 0 Å².